The molecule has 1 aromatic carbocycles. The average molecular weight is 278 g/mol. The topological polar surface area (TPSA) is 59.6 Å². The fourth-order valence-electron chi connectivity index (χ4n) is 2.15. The molecule has 0 aromatic heterocycles. The number of carbonyl (C=O) groups excluding carboxylic acids is 1. The van der Waals surface area contributed by atoms with E-state index in [1.807, 2.05) is 38.1 Å². The molecule has 0 radical (unpaired) electrons. The summed E-state index contributed by atoms with van der Waals surface area (Å²) < 4.78 is 11.1. The van der Waals surface area contributed by atoms with Crippen molar-refractivity contribution >= 4 is 11.6 Å². The van der Waals surface area contributed by atoms with Crippen LogP contribution in [0.3, 0.4) is 0 Å². The Hall–Kier alpha value is -1.43. The quantitative estimate of drug-likeness (QED) is 0.853. The van der Waals surface area contributed by atoms with Crippen LogP contribution < -0.4 is 10.6 Å². The first kappa shape index (κ1) is 15.0. The summed E-state index contributed by atoms with van der Waals surface area (Å²) in [6, 6.07) is 7.67. The number of hydrogen-bond donors (Lipinski definition) is 2. The molecule has 5 nitrogen and oxygen atoms in total. The van der Waals surface area contributed by atoms with Gasteiger partial charge in [-0.05, 0) is 25.5 Å². The van der Waals surface area contributed by atoms with E-state index in [1.165, 1.54) is 0 Å². The standard InChI is InChI=1S/C15H22N2O3/c1-11-5-3-4-6-14(11)17-15(18)10-19-9-13-8-16-7-12(2)20-13/h3-6,12-13,16H,7-10H2,1-2H3,(H,17,18). The zero-order chi connectivity index (χ0) is 14.4. The van der Waals surface area contributed by atoms with Crippen molar-refractivity contribution in [2.75, 3.05) is 31.6 Å². The van der Waals surface area contributed by atoms with Crippen molar-refractivity contribution < 1.29 is 14.3 Å². The van der Waals surface area contributed by atoms with Gasteiger partial charge in [-0.2, -0.15) is 0 Å². The first-order chi connectivity index (χ1) is 9.65. The molecule has 0 spiro atoms. The van der Waals surface area contributed by atoms with Crippen LogP contribution in [0.5, 0.6) is 0 Å². The van der Waals surface area contributed by atoms with Crippen molar-refractivity contribution in [3.63, 3.8) is 0 Å². The summed E-state index contributed by atoms with van der Waals surface area (Å²) in [5.74, 6) is -0.142. The number of aryl methyl sites for hydroxylation is 1. The Morgan fingerprint density at radius 1 is 1.45 bits per heavy atom. The van der Waals surface area contributed by atoms with E-state index in [1.54, 1.807) is 0 Å². The van der Waals surface area contributed by atoms with Crippen LogP contribution in [0.4, 0.5) is 5.69 Å². The maximum absolute atomic E-state index is 11.8. The monoisotopic (exact) mass is 278 g/mol. The molecule has 5 heteroatoms. The number of morpholine rings is 1. The molecule has 1 amide bonds. The minimum absolute atomic E-state index is 0.0185. The third-order valence-electron chi connectivity index (χ3n) is 3.18. The van der Waals surface area contributed by atoms with Gasteiger partial charge in [0.05, 0.1) is 18.8 Å². The maximum atomic E-state index is 11.8. The van der Waals surface area contributed by atoms with Gasteiger partial charge in [0.15, 0.2) is 0 Å². The molecule has 1 aliphatic rings. The van der Waals surface area contributed by atoms with Gasteiger partial charge >= 0.3 is 0 Å². The van der Waals surface area contributed by atoms with E-state index in [9.17, 15) is 4.79 Å². The number of ether oxygens (including phenoxy) is 2. The summed E-state index contributed by atoms with van der Waals surface area (Å²) >= 11 is 0. The SMILES string of the molecule is Cc1ccccc1NC(=O)COCC1CNCC(C)O1. The van der Waals surface area contributed by atoms with Crippen LogP contribution >= 0.6 is 0 Å². The average Bonchev–Trinajstić information content (AvgIpc) is 2.41. The molecule has 0 bridgehead atoms. The summed E-state index contributed by atoms with van der Waals surface area (Å²) in [4.78, 5) is 11.8. The van der Waals surface area contributed by atoms with Crippen LogP contribution in [0.1, 0.15) is 12.5 Å². The van der Waals surface area contributed by atoms with Crippen molar-refractivity contribution in [3.05, 3.63) is 29.8 Å². The lowest BCUT2D eigenvalue weighted by Gasteiger charge is -2.28. The van der Waals surface area contributed by atoms with Gasteiger partial charge in [0, 0.05) is 18.8 Å². The predicted molar refractivity (Wildman–Crippen MR) is 77.8 cm³/mol. The van der Waals surface area contributed by atoms with Gasteiger partial charge in [0.25, 0.3) is 0 Å². The fraction of sp³-hybridized carbons (Fsp3) is 0.533. The number of hydrogen-bond acceptors (Lipinski definition) is 4. The number of carbonyl (C=O) groups is 1. The number of nitrogens with one attached hydrogen (secondary N) is 2. The molecule has 1 aromatic rings. The summed E-state index contributed by atoms with van der Waals surface area (Å²) in [5.41, 5.74) is 1.86. The van der Waals surface area contributed by atoms with Gasteiger partial charge in [-0.15, -0.1) is 0 Å². The zero-order valence-electron chi connectivity index (χ0n) is 12.0. The Kier molecular flexibility index (Phi) is 5.52. The summed E-state index contributed by atoms with van der Waals surface area (Å²) in [7, 11) is 0. The van der Waals surface area contributed by atoms with E-state index in [0.29, 0.717) is 6.61 Å². The minimum Gasteiger partial charge on any atom is -0.370 e. The van der Waals surface area contributed by atoms with Gasteiger partial charge in [-0.1, -0.05) is 18.2 Å². The van der Waals surface area contributed by atoms with Gasteiger partial charge in [-0.25, -0.2) is 0 Å². The van der Waals surface area contributed by atoms with E-state index in [-0.39, 0.29) is 24.7 Å². The number of rotatable bonds is 5. The van der Waals surface area contributed by atoms with E-state index in [4.69, 9.17) is 9.47 Å². The highest BCUT2D eigenvalue weighted by molar-refractivity contribution is 5.92. The van der Waals surface area contributed by atoms with Crippen LogP contribution in [0, 0.1) is 6.92 Å². The number of amides is 1. The Labute approximate surface area is 119 Å². The Morgan fingerprint density at radius 2 is 2.25 bits per heavy atom. The van der Waals surface area contributed by atoms with Gasteiger partial charge < -0.3 is 20.1 Å². The lowest BCUT2D eigenvalue weighted by atomic mass is 10.2. The van der Waals surface area contributed by atoms with Crippen molar-refractivity contribution in [2.45, 2.75) is 26.1 Å². The summed E-state index contributed by atoms with van der Waals surface area (Å²) in [6.45, 7) is 6.08. The molecule has 1 aliphatic heterocycles. The lowest BCUT2D eigenvalue weighted by Crippen LogP contribution is -2.45. The van der Waals surface area contributed by atoms with Crippen molar-refractivity contribution in [2.24, 2.45) is 0 Å². The van der Waals surface area contributed by atoms with Crippen molar-refractivity contribution in [3.8, 4) is 0 Å². The smallest absolute Gasteiger partial charge is 0.250 e. The van der Waals surface area contributed by atoms with E-state index in [0.717, 1.165) is 24.3 Å². The van der Waals surface area contributed by atoms with Crippen LogP contribution in [0.15, 0.2) is 24.3 Å². The normalized spacial score (nSPS) is 22.5. The summed E-state index contributed by atoms with van der Waals surface area (Å²) in [6.07, 6.45) is 0.211. The third kappa shape index (κ3) is 4.59. The molecule has 1 fully saturated rings. The molecule has 1 heterocycles. The first-order valence-electron chi connectivity index (χ1n) is 6.94. The molecule has 20 heavy (non-hydrogen) atoms. The second kappa shape index (κ2) is 7.38. The highest BCUT2D eigenvalue weighted by atomic mass is 16.5. The summed E-state index contributed by atoms with van der Waals surface area (Å²) in [5, 5.41) is 6.10. The zero-order valence-corrected chi connectivity index (χ0v) is 12.0. The van der Waals surface area contributed by atoms with E-state index in [2.05, 4.69) is 10.6 Å². The molecule has 0 aliphatic carbocycles. The van der Waals surface area contributed by atoms with Gasteiger partial charge in [0.1, 0.15) is 6.61 Å². The number of para-hydroxylation sites is 1. The van der Waals surface area contributed by atoms with Crippen LogP contribution in [-0.4, -0.2) is 44.4 Å². The first-order valence-corrected chi connectivity index (χ1v) is 6.94. The minimum atomic E-state index is -0.142. The molecule has 110 valence electrons. The van der Waals surface area contributed by atoms with E-state index >= 15 is 0 Å². The molecule has 0 saturated carbocycles. The van der Waals surface area contributed by atoms with Crippen LogP contribution in [0.25, 0.3) is 0 Å². The largest absolute Gasteiger partial charge is 0.370 e. The Bertz CT molecular complexity index is 450. The Balaban J connectivity index is 1.69. The second-order valence-corrected chi connectivity index (χ2v) is 5.11. The van der Waals surface area contributed by atoms with E-state index < -0.39 is 0 Å². The highest BCUT2D eigenvalue weighted by Gasteiger charge is 2.19. The van der Waals surface area contributed by atoms with Gasteiger partial charge in [-0.3, -0.25) is 4.79 Å². The maximum Gasteiger partial charge on any atom is 0.250 e. The second-order valence-electron chi connectivity index (χ2n) is 5.11. The highest BCUT2D eigenvalue weighted by Crippen LogP contribution is 2.12. The number of anilines is 1. The lowest BCUT2D eigenvalue weighted by molar-refractivity contribution is -0.123. The molecular weight excluding hydrogens is 256 g/mol. The third-order valence-corrected chi connectivity index (χ3v) is 3.18. The molecule has 2 N–H and O–H groups in total. The molecular formula is C15H22N2O3. The van der Waals surface area contributed by atoms with Crippen molar-refractivity contribution in [1.82, 2.24) is 5.32 Å². The molecule has 1 saturated heterocycles. The van der Waals surface area contributed by atoms with Crippen molar-refractivity contribution in [1.29, 1.82) is 0 Å². The van der Waals surface area contributed by atoms with Gasteiger partial charge in [0.2, 0.25) is 5.91 Å². The molecule has 2 rings (SSSR count). The number of benzene rings is 1. The fourth-order valence-corrected chi connectivity index (χ4v) is 2.15. The molecule has 2 unspecified atom stereocenters. The van der Waals surface area contributed by atoms with Crippen LogP contribution in [-0.2, 0) is 14.3 Å². The Morgan fingerprint density at radius 3 is 3.00 bits per heavy atom. The van der Waals surface area contributed by atoms with Crippen LogP contribution in [0.2, 0.25) is 0 Å². The molecule has 2 atom stereocenters. The predicted octanol–water partition coefficient (Wildman–Crippen LogP) is 1.33.